The van der Waals surface area contributed by atoms with Gasteiger partial charge in [0.15, 0.2) is 0 Å². The van der Waals surface area contributed by atoms with Crippen LogP contribution in [-0.4, -0.2) is 40.1 Å². The first-order valence-electron chi connectivity index (χ1n) is 6.52. The molecule has 0 bridgehead atoms. The number of nitrogens with zero attached hydrogens (tertiary/aromatic N) is 2. The van der Waals surface area contributed by atoms with E-state index in [1.54, 1.807) is 17.5 Å². The van der Waals surface area contributed by atoms with Gasteiger partial charge in [-0.15, -0.1) is 11.3 Å². The molecule has 0 aromatic carbocycles. The summed E-state index contributed by atoms with van der Waals surface area (Å²) in [5, 5.41) is 11.4. The number of rotatable bonds is 7. The van der Waals surface area contributed by atoms with Gasteiger partial charge in [-0.2, -0.15) is 0 Å². The first kappa shape index (κ1) is 16.4. The predicted molar refractivity (Wildman–Crippen MR) is 77.8 cm³/mol. The molecule has 0 fully saturated rings. The standard InChI is InChI=1S/C13H21N3O3S/c1-9(5-4-6-12(17)18)15-13(19)16(3)7-11-10(2)14-8-20-11/h8-9H,4-7H2,1-3H3,(H,15,19)(H,17,18). The summed E-state index contributed by atoms with van der Waals surface area (Å²) < 4.78 is 0. The van der Waals surface area contributed by atoms with Gasteiger partial charge in [-0.05, 0) is 26.7 Å². The zero-order valence-electron chi connectivity index (χ0n) is 12.0. The van der Waals surface area contributed by atoms with E-state index in [1.165, 1.54) is 11.3 Å². The van der Waals surface area contributed by atoms with E-state index in [9.17, 15) is 9.59 Å². The van der Waals surface area contributed by atoms with Crippen LogP contribution in [0.2, 0.25) is 0 Å². The molecular formula is C13H21N3O3S. The second-order valence-corrected chi connectivity index (χ2v) is 5.79. The second-order valence-electron chi connectivity index (χ2n) is 4.85. The zero-order valence-corrected chi connectivity index (χ0v) is 12.9. The van der Waals surface area contributed by atoms with Crippen LogP contribution in [0, 0.1) is 6.92 Å². The zero-order chi connectivity index (χ0) is 15.1. The summed E-state index contributed by atoms with van der Waals surface area (Å²) in [5.74, 6) is -0.804. The molecule has 1 heterocycles. The van der Waals surface area contributed by atoms with E-state index in [4.69, 9.17) is 5.11 Å². The number of carboxylic acid groups (broad SMARTS) is 1. The smallest absolute Gasteiger partial charge is 0.317 e. The maximum Gasteiger partial charge on any atom is 0.317 e. The van der Waals surface area contributed by atoms with E-state index in [-0.39, 0.29) is 18.5 Å². The number of aromatic nitrogens is 1. The van der Waals surface area contributed by atoms with Crippen molar-refractivity contribution in [2.24, 2.45) is 0 Å². The number of hydrogen-bond acceptors (Lipinski definition) is 4. The normalized spacial score (nSPS) is 11.9. The van der Waals surface area contributed by atoms with Gasteiger partial charge in [0.05, 0.1) is 17.7 Å². The van der Waals surface area contributed by atoms with Crippen molar-refractivity contribution in [2.75, 3.05) is 7.05 Å². The van der Waals surface area contributed by atoms with E-state index in [0.717, 1.165) is 10.6 Å². The van der Waals surface area contributed by atoms with Crippen LogP contribution in [0.1, 0.15) is 36.8 Å². The van der Waals surface area contributed by atoms with Crippen LogP contribution in [0.25, 0.3) is 0 Å². The number of amides is 2. The van der Waals surface area contributed by atoms with Gasteiger partial charge in [0.1, 0.15) is 0 Å². The molecule has 20 heavy (non-hydrogen) atoms. The highest BCUT2D eigenvalue weighted by atomic mass is 32.1. The SMILES string of the molecule is Cc1ncsc1CN(C)C(=O)NC(C)CCCC(=O)O. The first-order chi connectivity index (χ1) is 9.40. The van der Waals surface area contributed by atoms with Gasteiger partial charge in [-0.3, -0.25) is 4.79 Å². The molecule has 1 aromatic heterocycles. The third-order valence-electron chi connectivity index (χ3n) is 2.97. The lowest BCUT2D eigenvalue weighted by Gasteiger charge is -2.21. The van der Waals surface area contributed by atoms with Crippen molar-refractivity contribution < 1.29 is 14.7 Å². The van der Waals surface area contributed by atoms with Gasteiger partial charge in [-0.1, -0.05) is 0 Å². The fourth-order valence-electron chi connectivity index (χ4n) is 1.72. The molecule has 0 spiro atoms. The molecule has 0 aliphatic heterocycles. The molecule has 0 aliphatic rings. The minimum atomic E-state index is -0.804. The average molecular weight is 299 g/mol. The minimum Gasteiger partial charge on any atom is -0.481 e. The van der Waals surface area contributed by atoms with Crippen LogP contribution in [0.5, 0.6) is 0 Å². The average Bonchev–Trinajstić information content (AvgIpc) is 2.74. The second kappa shape index (κ2) is 7.84. The van der Waals surface area contributed by atoms with Gasteiger partial charge < -0.3 is 15.3 Å². The summed E-state index contributed by atoms with van der Waals surface area (Å²) in [6.45, 7) is 4.34. The topological polar surface area (TPSA) is 82.5 Å². The molecular weight excluding hydrogens is 278 g/mol. The van der Waals surface area contributed by atoms with Crippen LogP contribution in [0.15, 0.2) is 5.51 Å². The summed E-state index contributed by atoms with van der Waals surface area (Å²) in [7, 11) is 1.73. The lowest BCUT2D eigenvalue weighted by atomic mass is 10.1. The number of carbonyl (C=O) groups excluding carboxylic acids is 1. The van der Waals surface area contributed by atoms with Gasteiger partial charge in [0.2, 0.25) is 0 Å². The van der Waals surface area contributed by atoms with Crippen LogP contribution in [-0.2, 0) is 11.3 Å². The summed E-state index contributed by atoms with van der Waals surface area (Å²) in [5.41, 5.74) is 2.72. The van der Waals surface area contributed by atoms with Gasteiger partial charge in [0, 0.05) is 24.4 Å². The Labute approximate surface area is 122 Å². The fourth-order valence-corrected chi connectivity index (χ4v) is 2.55. The maximum absolute atomic E-state index is 12.0. The van der Waals surface area contributed by atoms with Crippen molar-refractivity contribution in [1.29, 1.82) is 0 Å². The molecule has 0 aliphatic carbocycles. The number of thiazole rings is 1. The lowest BCUT2D eigenvalue weighted by molar-refractivity contribution is -0.137. The van der Waals surface area contributed by atoms with Crippen molar-refractivity contribution in [3.8, 4) is 0 Å². The van der Waals surface area contributed by atoms with E-state index >= 15 is 0 Å². The summed E-state index contributed by atoms with van der Waals surface area (Å²) >= 11 is 1.53. The largest absolute Gasteiger partial charge is 0.481 e. The monoisotopic (exact) mass is 299 g/mol. The summed E-state index contributed by atoms with van der Waals surface area (Å²) in [6, 6.07) is -0.188. The first-order valence-corrected chi connectivity index (χ1v) is 7.40. The summed E-state index contributed by atoms with van der Waals surface area (Å²) in [4.78, 5) is 29.2. The van der Waals surface area contributed by atoms with E-state index in [2.05, 4.69) is 10.3 Å². The lowest BCUT2D eigenvalue weighted by Crippen LogP contribution is -2.41. The Morgan fingerprint density at radius 2 is 2.25 bits per heavy atom. The van der Waals surface area contributed by atoms with E-state index in [1.807, 2.05) is 13.8 Å². The highest BCUT2D eigenvalue weighted by molar-refractivity contribution is 7.09. The molecule has 2 amide bonds. The molecule has 1 atom stereocenters. The van der Waals surface area contributed by atoms with Crippen LogP contribution >= 0.6 is 11.3 Å². The Morgan fingerprint density at radius 1 is 1.55 bits per heavy atom. The van der Waals surface area contributed by atoms with E-state index in [0.29, 0.717) is 19.4 Å². The molecule has 2 N–H and O–H groups in total. The Kier molecular flexibility index (Phi) is 6.44. The van der Waals surface area contributed by atoms with Crippen molar-refractivity contribution in [3.63, 3.8) is 0 Å². The molecule has 112 valence electrons. The number of carbonyl (C=O) groups is 2. The van der Waals surface area contributed by atoms with Gasteiger partial charge in [0.25, 0.3) is 0 Å². The molecule has 1 aromatic rings. The van der Waals surface area contributed by atoms with Crippen molar-refractivity contribution in [1.82, 2.24) is 15.2 Å². The van der Waals surface area contributed by atoms with Crippen LogP contribution < -0.4 is 5.32 Å². The van der Waals surface area contributed by atoms with Crippen molar-refractivity contribution >= 4 is 23.3 Å². The molecule has 1 rings (SSSR count). The highest BCUT2D eigenvalue weighted by Crippen LogP contribution is 2.14. The molecule has 0 saturated carbocycles. The third kappa shape index (κ3) is 5.56. The van der Waals surface area contributed by atoms with Crippen molar-refractivity contribution in [2.45, 2.75) is 45.7 Å². The molecule has 7 heteroatoms. The molecule has 0 radical (unpaired) electrons. The Bertz CT molecular complexity index is 461. The third-order valence-corrected chi connectivity index (χ3v) is 3.89. The fraction of sp³-hybridized carbons (Fsp3) is 0.615. The Hall–Kier alpha value is -1.63. The number of urea groups is 1. The maximum atomic E-state index is 12.0. The van der Waals surface area contributed by atoms with Crippen molar-refractivity contribution in [3.05, 3.63) is 16.1 Å². The number of aryl methyl sites for hydroxylation is 1. The molecule has 0 saturated heterocycles. The number of carboxylic acids is 1. The summed E-state index contributed by atoms with van der Waals surface area (Å²) in [6.07, 6.45) is 1.36. The van der Waals surface area contributed by atoms with Crippen LogP contribution in [0.4, 0.5) is 4.79 Å². The van der Waals surface area contributed by atoms with Gasteiger partial charge in [-0.25, -0.2) is 9.78 Å². The number of nitrogens with one attached hydrogen (secondary N) is 1. The number of hydrogen-bond donors (Lipinski definition) is 2. The Balaban J connectivity index is 2.34. The number of aliphatic carboxylic acids is 1. The molecule has 6 nitrogen and oxygen atoms in total. The van der Waals surface area contributed by atoms with E-state index < -0.39 is 5.97 Å². The van der Waals surface area contributed by atoms with Crippen LogP contribution in [0.3, 0.4) is 0 Å². The molecule has 1 unspecified atom stereocenters. The quantitative estimate of drug-likeness (QED) is 0.809. The van der Waals surface area contributed by atoms with Gasteiger partial charge >= 0.3 is 12.0 Å². The Morgan fingerprint density at radius 3 is 2.80 bits per heavy atom. The predicted octanol–water partition coefficient (Wildman–Crippen LogP) is 2.24. The minimum absolute atomic E-state index is 0.0353. The highest BCUT2D eigenvalue weighted by Gasteiger charge is 2.14.